The van der Waals surface area contributed by atoms with Gasteiger partial charge in [0.05, 0.1) is 10.7 Å². The van der Waals surface area contributed by atoms with Crippen LogP contribution in [0.2, 0.25) is 5.02 Å². The predicted molar refractivity (Wildman–Crippen MR) is 70.8 cm³/mol. The van der Waals surface area contributed by atoms with Crippen molar-refractivity contribution >= 4 is 23.1 Å². The van der Waals surface area contributed by atoms with Crippen molar-refractivity contribution in [1.29, 1.82) is 0 Å². The van der Waals surface area contributed by atoms with Crippen LogP contribution in [0.25, 0.3) is 0 Å². The molecule has 1 heterocycles. The third-order valence-corrected chi connectivity index (χ3v) is 3.14. The number of nitrogen functional groups attached to an aromatic ring is 1. The summed E-state index contributed by atoms with van der Waals surface area (Å²) in [7, 11) is 0. The number of pyridine rings is 1. The summed E-state index contributed by atoms with van der Waals surface area (Å²) in [6, 6.07) is 1.71. The van der Waals surface area contributed by atoms with Crippen molar-refractivity contribution in [3.05, 3.63) is 17.3 Å². The van der Waals surface area contributed by atoms with E-state index >= 15 is 0 Å². The molecule has 1 rings (SSSR count). The van der Waals surface area contributed by atoms with Crippen LogP contribution in [-0.4, -0.2) is 11.5 Å². The van der Waals surface area contributed by atoms with Crippen molar-refractivity contribution in [3.8, 4) is 0 Å². The Labute approximate surface area is 102 Å². The van der Waals surface area contributed by atoms with Crippen molar-refractivity contribution in [1.82, 2.24) is 4.98 Å². The Kier molecular flexibility index (Phi) is 4.03. The highest BCUT2D eigenvalue weighted by Gasteiger charge is 2.19. The van der Waals surface area contributed by atoms with Gasteiger partial charge in [0.1, 0.15) is 5.82 Å². The van der Waals surface area contributed by atoms with Gasteiger partial charge in [-0.05, 0) is 17.4 Å². The summed E-state index contributed by atoms with van der Waals surface area (Å²) in [4.78, 5) is 4.16. The molecule has 1 unspecified atom stereocenters. The summed E-state index contributed by atoms with van der Waals surface area (Å²) in [5.41, 5.74) is 6.67. The van der Waals surface area contributed by atoms with Crippen LogP contribution in [0, 0.1) is 11.3 Å². The highest BCUT2D eigenvalue weighted by Crippen LogP contribution is 2.26. The summed E-state index contributed by atoms with van der Waals surface area (Å²) >= 11 is 5.78. The molecule has 1 atom stereocenters. The van der Waals surface area contributed by atoms with E-state index in [4.69, 9.17) is 17.3 Å². The molecule has 0 aliphatic heterocycles. The van der Waals surface area contributed by atoms with Crippen LogP contribution in [0.5, 0.6) is 0 Å². The van der Waals surface area contributed by atoms with Gasteiger partial charge in [0.25, 0.3) is 0 Å². The van der Waals surface area contributed by atoms with Crippen LogP contribution >= 0.6 is 11.6 Å². The van der Waals surface area contributed by atoms with Gasteiger partial charge >= 0.3 is 0 Å². The Morgan fingerprint density at radius 2 is 2.12 bits per heavy atom. The normalized spacial score (nSPS) is 13.6. The van der Waals surface area contributed by atoms with Crippen molar-refractivity contribution in [2.24, 2.45) is 11.3 Å². The van der Waals surface area contributed by atoms with Gasteiger partial charge in [-0.25, -0.2) is 4.98 Å². The van der Waals surface area contributed by atoms with E-state index in [1.807, 2.05) is 0 Å². The van der Waals surface area contributed by atoms with E-state index in [9.17, 15) is 0 Å². The molecule has 0 aliphatic rings. The highest BCUT2D eigenvalue weighted by molar-refractivity contribution is 6.30. The number of hydrogen-bond donors (Lipinski definition) is 2. The average Bonchev–Trinajstić information content (AvgIpc) is 2.14. The molecule has 4 heteroatoms. The first-order valence-electron chi connectivity index (χ1n) is 5.45. The second kappa shape index (κ2) is 4.91. The molecular weight excluding hydrogens is 222 g/mol. The molecule has 0 bridgehead atoms. The van der Waals surface area contributed by atoms with Gasteiger partial charge in [-0.15, -0.1) is 0 Å². The lowest BCUT2D eigenvalue weighted by Crippen LogP contribution is -2.25. The topological polar surface area (TPSA) is 50.9 Å². The molecule has 16 heavy (non-hydrogen) atoms. The molecular formula is C12H20ClN3. The maximum Gasteiger partial charge on any atom is 0.149 e. The SMILES string of the molecule is CC(CNc1ncc(Cl)cc1N)C(C)(C)C. The minimum Gasteiger partial charge on any atom is -0.396 e. The van der Waals surface area contributed by atoms with Crippen molar-refractivity contribution in [3.63, 3.8) is 0 Å². The van der Waals surface area contributed by atoms with Gasteiger partial charge in [-0.3, -0.25) is 0 Å². The number of aromatic nitrogens is 1. The lowest BCUT2D eigenvalue weighted by molar-refractivity contribution is 0.274. The summed E-state index contributed by atoms with van der Waals surface area (Å²) in [5, 5.41) is 3.81. The second-order valence-corrected chi connectivity index (χ2v) is 5.68. The molecule has 0 aromatic carbocycles. The Morgan fingerprint density at radius 1 is 1.50 bits per heavy atom. The van der Waals surface area contributed by atoms with Crippen molar-refractivity contribution in [2.75, 3.05) is 17.6 Å². The van der Waals surface area contributed by atoms with Gasteiger partial charge in [0.15, 0.2) is 0 Å². The van der Waals surface area contributed by atoms with E-state index in [2.05, 4.69) is 38.0 Å². The fourth-order valence-electron chi connectivity index (χ4n) is 1.16. The molecule has 0 fully saturated rings. The Balaban J connectivity index is 2.62. The molecule has 0 aliphatic carbocycles. The maximum atomic E-state index is 5.81. The minimum absolute atomic E-state index is 0.272. The zero-order valence-electron chi connectivity index (χ0n) is 10.3. The van der Waals surface area contributed by atoms with E-state index < -0.39 is 0 Å². The third kappa shape index (κ3) is 3.56. The Hall–Kier alpha value is -0.960. The van der Waals surface area contributed by atoms with E-state index in [1.165, 1.54) is 0 Å². The molecule has 0 radical (unpaired) electrons. The van der Waals surface area contributed by atoms with Gasteiger partial charge in [0, 0.05) is 12.7 Å². The van der Waals surface area contributed by atoms with Crippen molar-refractivity contribution in [2.45, 2.75) is 27.7 Å². The fourth-order valence-corrected chi connectivity index (χ4v) is 1.32. The first-order valence-corrected chi connectivity index (χ1v) is 5.83. The molecule has 0 amide bonds. The standard InChI is InChI=1S/C12H20ClN3/c1-8(12(2,3)4)6-15-11-10(14)5-9(13)7-16-11/h5,7-8H,6,14H2,1-4H3,(H,15,16). The molecule has 3 N–H and O–H groups in total. The molecule has 1 aromatic heterocycles. The lowest BCUT2D eigenvalue weighted by atomic mass is 9.82. The molecule has 3 nitrogen and oxygen atoms in total. The van der Waals surface area contributed by atoms with Gasteiger partial charge in [-0.1, -0.05) is 39.3 Å². The van der Waals surface area contributed by atoms with Crippen LogP contribution in [0.15, 0.2) is 12.3 Å². The number of nitrogens with zero attached hydrogens (tertiary/aromatic N) is 1. The van der Waals surface area contributed by atoms with Crippen LogP contribution in [0.3, 0.4) is 0 Å². The largest absolute Gasteiger partial charge is 0.396 e. The molecule has 0 spiro atoms. The van der Waals surface area contributed by atoms with Gasteiger partial charge < -0.3 is 11.1 Å². The first kappa shape index (κ1) is 13.1. The van der Waals surface area contributed by atoms with Crippen molar-refractivity contribution < 1.29 is 0 Å². The van der Waals surface area contributed by atoms with E-state index in [1.54, 1.807) is 12.3 Å². The summed E-state index contributed by atoms with van der Waals surface area (Å²) in [6.07, 6.45) is 1.60. The summed E-state index contributed by atoms with van der Waals surface area (Å²) in [5.74, 6) is 1.24. The van der Waals surface area contributed by atoms with Gasteiger partial charge in [0.2, 0.25) is 0 Å². The van der Waals surface area contributed by atoms with Crippen LogP contribution < -0.4 is 11.1 Å². The lowest BCUT2D eigenvalue weighted by Gasteiger charge is -2.27. The van der Waals surface area contributed by atoms with Crippen LogP contribution in [0.4, 0.5) is 11.5 Å². The second-order valence-electron chi connectivity index (χ2n) is 5.24. The fraction of sp³-hybridized carbons (Fsp3) is 0.583. The zero-order chi connectivity index (χ0) is 12.3. The molecule has 90 valence electrons. The monoisotopic (exact) mass is 241 g/mol. The average molecular weight is 242 g/mol. The smallest absolute Gasteiger partial charge is 0.149 e. The molecule has 0 saturated heterocycles. The number of nitrogens with one attached hydrogen (secondary N) is 1. The Morgan fingerprint density at radius 3 is 2.62 bits per heavy atom. The number of hydrogen-bond acceptors (Lipinski definition) is 3. The number of halogens is 1. The third-order valence-electron chi connectivity index (χ3n) is 2.94. The highest BCUT2D eigenvalue weighted by atomic mass is 35.5. The van der Waals surface area contributed by atoms with Gasteiger partial charge in [-0.2, -0.15) is 0 Å². The van der Waals surface area contributed by atoms with E-state index in [0.29, 0.717) is 22.4 Å². The number of nitrogens with two attached hydrogens (primary N) is 1. The predicted octanol–water partition coefficient (Wildman–Crippen LogP) is 3.41. The van der Waals surface area contributed by atoms with E-state index in [-0.39, 0.29) is 5.41 Å². The summed E-state index contributed by atoms with van der Waals surface area (Å²) in [6.45, 7) is 9.72. The Bertz CT molecular complexity index is 358. The maximum absolute atomic E-state index is 5.81. The first-order chi connectivity index (χ1) is 7.30. The minimum atomic E-state index is 0.272. The number of rotatable bonds is 3. The summed E-state index contributed by atoms with van der Waals surface area (Å²) < 4.78 is 0. The van der Waals surface area contributed by atoms with E-state index in [0.717, 1.165) is 6.54 Å². The quantitative estimate of drug-likeness (QED) is 0.853. The number of anilines is 2. The van der Waals surface area contributed by atoms with Crippen LogP contribution in [0.1, 0.15) is 27.7 Å². The molecule has 1 aromatic rings. The zero-order valence-corrected chi connectivity index (χ0v) is 11.1. The molecule has 0 saturated carbocycles. The van der Waals surface area contributed by atoms with Crippen LogP contribution in [-0.2, 0) is 0 Å².